The average Bonchev–Trinajstić information content (AvgIpc) is 2.89. The molecular formula is C13H9F2N3S. The van der Waals surface area contributed by atoms with Gasteiger partial charge in [0, 0.05) is 6.54 Å². The van der Waals surface area contributed by atoms with Gasteiger partial charge in [0.1, 0.15) is 12.1 Å². The van der Waals surface area contributed by atoms with Crippen LogP contribution in [0.2, 0.25) is 0 Å². The monoisotopic (exact) mass is 277 g/mol. The number of halogens is 2. The Morgan fingerprint density at radius 2 is 2.00 bits per heavy atom. The van der Waals surface area contributed by atoms with Gasteiger partial charge in [0.15, 0.2) is 11.6 Å². The maximum absolute atomic E-state index is 13.1. The summed E-state index contributed by atoms with van der Waals surface area (Å²) in [6.45, 7) is 0.376. The van der Waals surface area contributed by atoms with E-state index in [1.54, 1.807) is 0 Å². The van der Waals surface area contributed by atoms with Gasteiger partial charge in [-0.15, -0.1) is 11.3 Å². The summed E-state index contributed by atoms with van der Waals surface area (Å²) in [5.74, 6) is -0.987. The highest BCUT2D eigenvalue weighted by Crippen LogP contribution is 2.25. The van der Waals surface area contributed by atoms with Gasteiger partial charge in [-0.2, -0.15) is 0 Å². The summed E-state index contributed by atoms with van der Waals surface area (Å²) in [5.41, 5.74) is 1.52. The van der Waals surface area contributed by atoms with E-state index in [1.807, 2.05) is 11.4 Å². The molecule has 6 heteroatoms. The number of hydrogen-bond donors (Lipinski definition) is 1. The molecule has 3 rings (SSSR count). The van der Waals surface area contributed by atoms with Gasteiger partial charge in [-0.1, -0.05) is 6.07 Å². The van der Waals surface area contributed by atoms with Crippen LogP contribution >= 0.6 is 11.3 Å². The molecule has 0 radical (unpaired) electrons. The highest BCUT2D eigenvalue weighted by Gasteiger charge is 2.06. The minimum absolute atomic E-state index is 0.376. The standard InChI is InChI=1S/C13H9F2N3S/c14-9-2-1-8(5-10(9)15)6-16-13-12-11(3-4-19-12)17-7-18-13/h1-5,7H,6H2,(H,16,17,18). The first kappa shape index (κ1) is 12.0. The molecule has 2 aromatic heterocycles. The van der Waals surface area contributed by atoms with Crippen LogP contribution in [0, 0.1) is 11.6 Å². The second kappa shape index (κ2) is 4.89. The molecule has 0 bridgehead atoms. The molecule has 0 spiro atoms. The van der Waals surface area contributed by atoms with Crippen molar-refractivity contribution in [3.05, 3.63) is 53.2 Å². The molecule has 1 aromatic carbocycles. The first-order chi connectivity index (χ1) is 9.24. The number of benzene rings is 1. The van der Waals surface area contributed by atoms with Gasteiger partial charge < -0.3 is 5.32 Å². The van der Waals surface area contributed by atoms with Crippen molar-refractivity contribution in [3.63, 3.8) is 0 Å². The van der Waals surface area contributed by atoms with Crippen molar-refractivity contribution in [2.24, 2.45) is 0 Å². The smallest absolute Gasteiger partial charge is 0.159 e. The summed E-state index contributed by atoms with van der Waals surface area (Å²) < 4.78 is 26.8. The quantitative estimate of drug-likeness (QED) is 0.795. The molecule has 0 aliphatic rings. The van der Waals surface area contributed by atoms with E-state index in [4.69, 9.17) is 0 Å². The van der Waals surface area contributed by atoms with Gasteiger partial charge in [0.2, 0.25) is 0 Å². The number of anilines is 1. The van der Waals surface area contributed by atoms with Crippen LogP contribution in [0.3, 0.4) is 0 Å². The molecule has 0 amide bonds. The van der Waals surface area contributed by atoms with Gasteiger partial charge in [0.05, 0.1) is 10.2 Å². The predicted molar refractivity (Wildman–Crippen MR) is 71.1 cm³/mol. The summed E-state index contributed by atoms with van der Waals surface area (Å²) in [7, 11) is 0. The van der Waals surface area contributed by atoms with Crippen molar-refractivity contribution in [2.75, 3.05) is 5.32 Å². The minimum Gasteiger partial charge on any atom is -0.365 e. The minimum atomic E-state index is -0.844. The van der Waals surface area contributed by atoms with Crippen LogP contribution in [0.25, 0.3) is 10.2 Å². The fourth-order valence-corrected chi connectivity index (χ4v) is 2.56. The van der Waals surface area contributed by atoms with E-state index >= 15 is 0 Å². The Balaban J connectivity index is 1.82. The van der Waals surface area contributed by atoms with Crippen LogP contribution < -0.4 is 5.32 Å². The number of aromatic nitrogens is 2. The van der Waals surface area contributed by atoms with Crippen LogP contribution in [-0.2, 0) is 6.54 Å². The first-order valence-electron chi connectivity index (χ1n) is 5.60. The Morgan fingerprint density at radius 1 is 1.11 bits per heavy atom. The lowest BCUT2D eigenvalue weighted by atomic mass is 10.2. The van der Waals surface area contributed by atoms with Crippen molar-refractivity contribution in [2.45, 2.75) is 6.54 Å². The number of fused-ring (bicyclic) bond motifs is 1. The number of rotatable bonds is 3. The normalized spacial score (nSPS) is 10.8. The molecule has 19 heavy (non-hydrogen) atoms. The Labute approximate surface area is 111 Å². The Kier molecular flexibility index (Phi) is 3.08. The zero-order chi connectivity index (χ0) is 13.2. The summed E-state index contributed by atoms with van der Waals surface area (Å²) in [6, 6.07) is 5.74. The van der Waals surface area contributed by atoms with Crippen molar-refractivity contribution >= 4 is 27.4 Å². The molecule has 0 unspecified atom stereocenters. The SMILES string of the molecule is Fc1ccc(CNc2ncnc3ccsc23)cc1F. The molecule has 0 atom stereocenters. The van der Waals surface area contributed by atoms with Gasteiger partial charge in [-0.05, 0) is 29.1 Å². The van der Waals surface area contributed by atoms with E-state index in [2.05, 4.69) is 15.3 Å². The molecule has 0 aliphatic carbocycles. The van der Waals surface area contributed by atoms with Crippen LogP contribution in [0.15, 0.2) is 36.0 Å². The van der Waals surface area contributed by atoms with Crippen LogP contribution in [-0.4, -0.2) is 9.97 Å². The second-order valence-corrected chi connectivity index (χ2v) is 4.88. The molecular weight excluding hydrogens is 268 g/mol. The maximum Gasteiger partial charge on any atom is 0.159 e. The summed E-state index contributed by atoms with van der Waals surface area (Å²) >= 11 is 1.53. The van der Waals surface area contributed by atoms with Crippen molar-refractivity contribution in [1.29, 1.82) is 0 Å². The number of hydrogen-bond acceptors (Lipinski definition) is 4. The van der Waals surface area contributed by atoms with Crippen molar-refractivity contribution in [3.8, 4) is 0 Å². The van der Waals surface area contributed by atoms with E-state index in [0.29, 0.717) is 17.9 Å². The highest BCUT2D eigenvalue weighted by molar-refractivity contribution is 7.17. The van der Waals surface area contributed by atoms with Crippen molar-refractivity contribution in [1.82, 2.24) is 9.97 Å². The molecule has 0 fully saturated rings. The molecule has 3 aromatic rings. The zero-order valence-electron chi connectivity index (χ0n) is 9.73. The average molecular weight is 277 g/mol. The Bertz CT molecular complexity index is 727. The van der Waals surface area contributed by atoms with Crippen LogP contribution in [0.4, 0.5) is 14.6 Å². The summed E-state index contributed by atoms with van der Waals surface area (Å²) in [5, 5.41) is 5.04. The van der Waals surface area contributed by atoms with Gasteiger partial charge in [-0.3, -0.25) is 0 Å². The molecule has 3 nitrogen and oxygen atoms in total. The first-order valence-corrected chi connectivity index (χ1v) is 6.48. The third-order valence-electron chi connectivity index (χ3n) is 2.69. The lowest BCUT2D eigenvalue weighted by molar-refractivity contribution is 0.507. The van der Waals surface area contributed by atoms with E-state index in [-0.39, 0.29) is 0 Å². The predicted octanol–water partition coefficient (Wildman–Crippen LogP) is 3.58. The molecule has 96 valence electrons. The fraction of sp³-hybridized carbons (Fsp3) is 0.0769. The van der Waals surface area contributed by atoms with Crippen LogP contribution in [0.5, 0.6) is 0 Å². The molecule has 2 heterocycles. The van der Waals surface area contributed by atoms with Gasteiger partial charge in [-0.25, -0.2) is 18.7 Å². The van der Waals surface area contributed by atoms with Gasteiger partial charge >= 0.3 is 0 Å². The van der Waals surface area contributed by atoms with Gasteiger partial charge in [0.25, 0.3) is 0 Å². The summed E-state index contributed by atoms with van der Waals surface area (Å²) in [6.07, 6.45) is 1.47. The number of nitrogens with zero attached hydrogens (tertiary/aromatic N) is 2. The summed E-state index contributed by atoms with van der Waals surface area (Å²) in [4.78, 5) is 8.29. The fourth-order valence-electron chi connectivity index (χ4n) is 1.75. The Morgan fingerprint density at radius 3 is 2.84 bits per heavy atom. The van der Waals surface area contributed by atoms with Crippen molar-refractivity contribution < 1.29 is 8.78 Å². The zero-order valence-corrected chi connectivity index (χ0v) is 10.5. The topological polar surface area (TPSA) is 37.8 Å². The second-order valence-electron chi connectivity index (χ2n) is 3.96. The van der Waals surface area contributed by atoms with E-state index in [0.717, 1.165) is 16.3 Å². The number of thiophene rings is 1. The molecule has 0 saturated heterocycles. The van der Waals surface area contributed by atoms with E-state index in [1.165, 1.54) is 29.8 Å². The van der Waals surface area contributed by atoms with Crippen LogP contribution in [0.1, 0.15) is 5.56 Å². The third-order valence-corrected chi connectivity index (χ3v) is 3.60. The lowest BCUT2D eigenvalue weighted by Gasteiger charge is -2.06. The highest BCUT2D eigenvalue weighted by atomic mass is 32.1. The molecule has 0 saturated carbocycles. The lowest BCUT2D eigenvalue weighted by Crippen LogP contribution is -2.02. The largest absolute Gasteiger partial charge is 0.365 e. The van der Waals surface area contributed by atoms with E-state index < -0.39 is 11.6 Å². The maximum atomic E-state index is 13.1. The molecule has 1 N–H and O–H groups in total. The number of nitrogens with one attached hydrogen (secondary N) is 1. The Hall–Kier alpha value is -2.08. The molecule has 0 aliphatic heterocycles. The van der Waals surface area contributed by atoms with E-state index in [9.17, 15) is 8.78 Å². The third kappa shape index (κ3) is 2.39.